The zero-order valence-electron chi connectivity index (χ0n) is 24.5. The number of hydrogen-bond acceptors (Lipinski definition) is 6. The quantitative estimate of drug-likeness (QED) is 0.189. The summed E-state index contributed by atoms with van der Waals surface area (Å²) in [6.45, 7) is 0.129. The van der Waals surface area contributed by atoms with E-state index < -0.39 is 0 Å². The summed E-state index contributed by atoms with van der Waals surface area (Å²) < 4.78 is 2.65. The highest BCUT2D eigenvalue weighted by molar-refractivity contribution is 7.25. The van der Waals surface area contributed by atoms with Crippen LogP contribution in [0.5, 0.6) is 0 Å². The van der Waals surface area contributed by atoms with Crippen molar-refractivity contribution in [2.24, 2.45) is 0 Å². The molecule has 0 bridgehead atoms. The molecular formula is C36H28B2N4S2. The molecule has 8 heteroatoms. The van der Waals surface area contributed by atoms with E-state index in [0.29, 0.717) is 0 Å². The maximum absolute atomic E-state index is 2.52. The van der Waals surface area contributed by atoms with Crippen molar-refractivity contribution in [1.82, 2.24) is 0 Å². The normalized spacial score (nSPS) is 14.3. The van der Waals surface area contributed by atoms with Crippen molar-refractivity contribution in [3.8, 4) is 0 Å². The van der Waals surface area contributed by atoms with Crippen LogP contribution in [0.2, 0.25) is 0 Å². The molecule has 0 N–H and O–H groups in total. The first kappa shape index (κ1) is 25.8. The van der Waals surface area contributed by atoms with Crippen LogP contribution in [0.3, 0.4) is 0 Å². The Morgan fingerprint density at radius 3 is 1.20 bits per heavy atom. The lowest BCUT2D eigenvalue weighted by molar-refractivity contribution is 1.34. The highest BCUT2D eigenvalue weighted by atomic mass is 32.1. The molecular weight excluding hydrogens is 574 g/mol. The molecule has 4 nitrogen and oxygen atoms in total. The second-order valence-corrected chi connectivity index (χ2v) is 13.6. The Bertz CT molecular complexity index is 1990. The van der Waals surface area contributed by atoms with E-state index in [1.54, 1.807) is 0 Å². The molecule has 4 heterocycles. The minimum atomic E-state index is 0.0643. The molecule has 0 amide bonds. The Kier molecular flexibility index (Phi) is 5.83. The van der Waals surface area contributed by atoms with E-state index in [2.05, 4.69) is 167 Å². The molecule has 0 fully saturated rings. The van der Waals surface area contributed by atoms with E-state index in [4.69, 9.17) is 0 Å². The monoisotopic (exact) mass is 602 g/mol. The summed E-state index contributed by atoms with van der Waals surface area (Å²) in [5.41, 5.74) is 7.57. The Hall–Kier alpha value is -4.65. The zero-order valence-corrected chi connectivity index (χ0v) is 26.1. The standard InChI is InChI=1S/C36H28B2N4S2/c1-39-35-33(29-17-9-11-19-31(29)43-35)41(27-13-5-3-6-14-27)37(39)25-21-23-26(24-22-25)38-40(2)36-34(30-18-10-12-20-32(30)44-36)42(38)28-15-7-4-8-16-28/h3-24H,1-2H3. The Morgan fingerprint density at radius 1 is 0.432 bits per heavy atom. The SMILES string of the molecule is CN1B(c2ccc(B3N(C)c4sc5ccccc5c4N3c3ccccc3)cc2)N(c2ccccc2)c2c1sc1ccccc21. The van der Waals surface area contributed by atoms with Gasteiger partial charge in [0.15, 0.2) is 0 Å². The van der Waals surface area contributed by atoms with Crippen molar-refractivity contribution in [2.75, 3.05) is 33.3 Å². The number of rotatable bonds is 4. The third kappa shape index (κ3) is 3.71. The molecule has 0 radical (unpaired) electrons. The number of benzene rings is 5. The van der Waals surface area contributed by atoms with Gasteiger partial charge >= 0.3 is 14.0 Å². The van der Waals surface area contributed by atoms with E-state index >= 15 is 0 Å². The van der Waals surface area contributed by atoms with Crippen molar-refractivity contribution in [3.63, 3.8) is 0 Å². The van der Waals surface area contributed by atoms with Crippen LogP contribution in [0.15, 0.2) is 133 Å². The lowest BCUT2D eigenvalue weighted by Crippen LogP contribution is -2.56. The predicted molar refractivity (Wildman–Crippen MR) is 195 cm³/mol. The molecule has 0 atom stereocenters. The summed E-state index contributed by atoms with van der Waals surface area (Å²) in [7, 11) is 4.47. The second-order valence-electron chi connectivity index (χ2n) is 11.6. The maximum atomic E-state index is 2.52. The summed E-state index contributed by atoms with van der Waals surface area (Å²) >= 11 is 3.76. The van der Waals surface area contributed by atoms with Crippen molar-refractivity contribution in [3.05, 3.63) is 133 Å². The minimum Gasteiger partial charge on any atom is -0.385 e. The number of para-hydroxylation sites is 2. The number of hydrogen-bond donors (Lipinski definition) is 0. The van der Waals surface area contributed by atoms with Gasteiger partial charge in [-0.05, 0) is 61.4 Å². The first-order chi connectivity index (χ1) is 21.7. The molecule has 210 valence electrons. The second kappa shape index (κ2) is 9.94. The van der Waals surface area contributed by atoms with E-state index in [-0.39, 0.29) is 14.0 Å². The van der Waals surface area contributed by atoms with Gasteiger partial charge in [-0.15, -0.1) is 22.7 Å². The fourth-order valence-electron chi connectivity index (χ4n) is 7.10. The molecule has 0 spiro atoms. The van der Waals surface area contributed by atoms with Gasteiger partial charge in [-0.2, -0.15) is 0 Å². The first-order valence-corrected chi connectivity index (χ1v) is 16.6. The van der Waals surface area contributed by atoms with E-state index in [0.717, 1.165) is 0 Å². The molecule has 44 heavy (non-hydrogen) atoms. The van der Waals surface area contributed by atoms with Crippen LogP contribution >= 0.6 is 22.7 Å². The summed E-state index contributed by atoms with van der Waals surface area (Å²) in [5, 5.41) is 5.25. The van der Waals surface area contributed by atoms with Crippen LogP contribution in [0.1, 0.15) is 0 Å². The number of anilines is 6. The van der Waals surface area contributed by atoms with Gasteiger partial charge < -0.3 is 19.2 Å². The largest absolute Gasteiger partial charge is 0.416 e. The Balaban J connectivity index is 1.14. The van der Waals surface area contributed by atoms with Gasteiger partial charge in [-0.25, -0.2) is 0 Å². The molecule has 0 saturated heterocycles. The van der Waals surface area contributed by atoms with Crippen LogP contribution in [0.25, 0.3) is 20.2 Å². The Morgan fingerprint density at radius 2 is 0.795 bits per heavy atom. The zero-order chi connectivity index (χ0) is 29.4. The van der Waals surface area contributed by atoms with Crippen LogP contribution in [0.4, 0.5) is 32.8 Å². The van der Waals surface area contributed by atoms with E-state index in [1.807, 2.05) is 22.7 Å². The summed E-state index contributed by atoms with van der Waals surface area (Å²) in [4.78, 5) is 9.93. The number of thiophene rings is 2. The van der Waals surface area contributed by atoms with Gasteiger partial charge in [0.25, 0.3) is 0 Å². The summed E-state index contributed by atoms with van der Waals surface area (Å²) in [6, 6.07) is 48.6. The molecule has 0 saturated carbocycles. The predicted octanol–water partition coefficient (Wildman–Crippen LogP) is 8.08. The van der Waals surface area contributed by atoms with Gasteiger partial charge in [-0.1, -0.05) is 97.1 Å². The molecule has 5 aromatic carbocycles. The van der Waals surface area contributed by atoms with Crippen LogP contribution in [0, 0.1) is 0 Å². The van der Waals surface area contributed by atoms with Crippen molar-refractivity contribution < 1.29 is 0 Å². The fraction of sp³-hybridized carbons (Fsp3) is 0.0556. The third-order valence-corrected chi connectivity index (χ3v) is 11.6. The van der Waals surface area contributed by atoms with Crippen LogP contribution in [-0.2, 0) is 0 Å². The topological polar surface area (TPSA) is 13.0 Å². The van der Waals surface area contributed by atoms with Crippen LogP contribution < -0.4 is 30.2 Å². The fourth-order valence-corrected chi connectivity index (χ4v) is 9.45. The lowest BCUT2D eigenvalue weighted by atomic mass is 9.61. The molecule has 7 aromatic rings. The summed E-state index contributed by atoms with van der Waals surface area (Å²) in [6.07, 6.45) is 0. The minimum absolute atomic E-state index is 0.0643. The van der Waals surface area contributed by atoms with Crippen molar-refractivity contribution in [2.45, 2.75) is 0 Å². The highest BCUT2D eigenvalue weighted by Gasteiger charge is 2.45. The molecule has 9 rings (SSSR count). The third-order valence-electron chi connectivity index (χ3n) is 9.05. The highest BCUT2D eigenvalue weighted by Crippen LogP contribution is 2.53. The molecule has 2 aromatic heterocycles. The molecule has 2 aliphatic rings. The number of fused-ring (bicyclic) bond motifs is 6. The van der Waals surface area contributed by atoms with Gasteiger partial charge in [0.2, 0.25) is 0 Å². The Labute approximate surface area is 266 Å². The van der Waals surface area contributed by atoms with Gasteiger partial charge in [0.05, 0.1) is 11.4 Å². The number of nitrogens with zero attached hydrogens (tertiary/aromatic N) is 4. The van der Waals surface area contributed by atoms with Crippen molar-refractivity contribution >= 4 is 100 Å². The molecule has 2 aliphatic heterocycles. The lowest BCUT2D eigenvalue weighted by Gasteiger charge is -2.30. The molecule has 0 unspecified atom stereocenters. The summed E-state index contributed by atoms with van der Waals surface area (Å²) in [5.74, 6) is 0. The van der Waals surface area contributed by atoms with Gasteiger partial charge in [-0.3, -0.25) is 0 Å². The average Bonchev–Trinajstić information content (AvgIpc) is 3.80. The first-order valence-electron chi connectivity index (χ1n) is 15.0. The van der Waals surface area contributed by atoms with Gasteiger partial charge in [0, 0.05) is 31.5 Å². The van der Waals surface area contributed by atoms with Gasteiger partial charge in [0.1, 0.15) is 10.0 Å². The van der Waals surface area contributed by atoms with E-state index in [1.165, 1.54) is 63.8 Å². The average molecular weight is 602 g/mol. The smallest absolute Gasteiger partial charge is 0.385 e. The van der Waals surface area contributed by atoms with E-state index in [9.17, 15) is 0 Å². The maximum Gasteiger partial charge on any atom is 0.416 e. The van der Waals surface area contributed by atoms with Crippen LogP contribution in [-0.4, -0.2) is 28.1 Å². The van der Waals surface area contributed by atoms with Crippen molar-refractivity contribution in [1.29, 1.82) is 0 Å². The molecule has 0 aliphatic carbocycles.